The van der Waals surface area contributed by atoms with Crippen molar-refractivity contribution in [3.05, 3.63) is 28.7 Å². The fourth-order valence-electron chi connectivity index (χ4n) is 1.22. The quantitative estimate of drug-likeness (QED) is 0.926. The number of hydrogen-bond acceptors (Lipinski definition) is 2. The lowest BCUT2D eigenvalue weighted by Gasteiger charge is -2.20. The van der Waals surface area contributed by atoms with Crippen molar-refractivity contribution in [3.8, 4) is 0 Å². The molecule has 1 unspecified atom stereocenters. The van der Waals surface area contributed by atoms with Gasteiger partial charge in [0.25, 0.3) is 0 Å². The Morgan fingerprint density at radius 1 is 1.25 bits per heavy atom. The monoisotopic (exact) mass is 303 g/mol. The molecular weight excluding hydrogens is 286 g/mol. The van der Waals surface area contributed by atoms with Gasteiger partial charge in [0.2, 0.25) is 0 Å². The van der Waals surface area contributed by atoms with Crippen LogP contribution < -0.4 is 5.32 Å². The van der Waals surface area contributed by atoms with Crippen molar-refractivity contribution in [2.75, 3.05) is 12.3 Å². The third kappa shape index (κ3) is 5.23. The van der Waals surface area contributed by atoms with Crippen LogP contribution in [0.15, 0.2) is 33.6 Å². The zero-order valence-corrected chi connectivity index (χ0v) is 12.3. The number of halogens is 1. The molecule has 16 heavy (non-hydrogen) atoms. The zero-order valence-electron chi connectivity index (χ0n) is 9.92. The molecule has 0 aliphatic rings. The summed E-state index contributed by atoms with van der Waals surface area (Å²) in [6.45, 7) is 7.09. The maximum Gasteiger partial charge on any atom is 0.0542 e. The minimum Gasteiger partial charge on any atom is -0.311 e. The highest BCUT2D eigenvalue weighted by atomic mass is 79.9. The first-order valence-electron chi connectivity index (χ1n) is 5.27. The van der Waals surface area contributed by atoms with Crippen molar-refractivity contribution < 1.29 is 4.21 Å². The smallest absolute Gasteiger partial charge is 0.0542 e. The molecule has 2 nitrogen and oxygen atoms in total. The summed E-state index contributed by atoms with van der Waals surface area (Å²) in [5.41, 5.74) is 0.0872. The van der Waals surface area contributed by atoms with E-state index in [4.69, 9.17) is 0 Å². The number of hydrogen-bond donors (Lipinski definition) is 1. The van der Waals surface area contributed by atoms with Gasteiger partial charge < -0.3 is 5.32 Å². The van der Waals surface area contributed by atoms with E-state index in [2.05, 4.69) is 42.0 Å². The first-order chi connectivity index (χ1) is 7.38. The van der Waals surface area contributed by atoms with Gasteiger partial charge in [0, 0.05) is 27.2 Å². The molecule has 0 spiro atoms. The van der Waals surface area contributed by atoms with E-state index in [1.807, 2.05) is 24.3 Å². The fourth-order valence-corrected chi connectivity index (χ4v) is 2.45. The van der Waals surface area contributed by atoms with Crippen LogP contribution in [-0.4, -0.2) is 22.0 Å². The summed E-state index contributed by atoms with van der Waals surface area (Å²) in [6, 6.07) is 7.64. The maximum absolute atomic E-state index is 11.9. The van der Waals surface area contributed by atoms with Crippen LogP contribution in [0.5, 0.6) is 0 Å². The molecule has 0 saturated carbocycles. The van der Waals surface area contributed by atoms with Crippen LogP contribution in [0.25, 0.3) is 0 Å². The summed E-state index contributed by atoms with van der Waals surface area (Å²) in [5.74, 6) is 0.652. The van der Waals surface area contributed by atoms with Crippen molar-refractivity contribution in [1.82, 2.24) is 5.32 Å². The van der Waals surface area contributed by atoms with Crippen molar-refractivity contribution in [2.45, 2.75) is 31.2 Å². The second kappa shape index (κ2) is 5.94. The third-order valence-corrected chi connectivity index (χ3v) is 3.92. The molecule has 4 heteroatoms. The van der Waals surface area contributed by atoms with E-state index in [0.29, 0.717) is 5.75 Å². The Morgan fingerprint density at radius 3 is 2.31 bits per heavy atom. The highest BCUT2D eigenvalue weighted by Gasteiger charge is 2.09. The van der Waals surface area contributed by atoms with E-state index in [0.717, 1.165) is 15.9 Å². The average Bonchev–Trinajstić information content (AvgIpc) is 2.16. The highest BCUT2D eigenvalue weighted by molar-refractivity contribution is 9.10. The number of nitrogens with one attached hydrogen (secondary N) is 1. The number of benzene rings is 1. The van der Waals surface area contributed by atoms with Crippen LogP contribution in [0.2, 0.25) is 0 Å². The highest BCUT2D eigenvalue weighted by Crippen LogP contribution is 2.13. The Hall–Kier alpha value is -0.190. The molecule has 0 aliphatic heterocycles. The van der Waals surface area contributed by atoms with Crippen molar-refractivity contribution in [3.63, 3.8) is 0 Å². The Balaban J connectivity index is 2.44. The van der Waals surface area contributed by atoms with Gasteiger partial charge >= 0.3 is 0 Å². The molecule has 0 aliphatic carbocycles. The van der Waals surface area contributed by atoms with Crippen molar-refractivity contribution in [2.24, 2.45) is 0 Å². The lowest BCUT2D eigenvalue weighted by molar-refractivity contribution is 0.440. The summed E-state index contributed by atoms with van der Waals surface area (Å²) in [4.78, 5) is 0.888. The number of rotatable bonds is 4. The molecule has 0 amide bonds. The van der Waals surface area contributed by atoms with Crippen LogP contribution >= 0.6 is 15.9 Å². The average molecular weight is 304 g/mol. The normalized spacial score (nSPS) is 13.8. The van der Waals surface area contributed by atoms with Crippen LogP contribution in [0.4, 0.5) is 0 Å². The van der Waals surface area contributed by atoms with Gasteiger partial charge in [-0.1, -0.05) is 15.9 Å². The second-order valence-electron chi connectivity index (χ2n) is 4.68. The van der Waals surface area contributed by atoms with Gasteiger partial charge in [-0.15, -0.1) is 0 Å². The van der Waals surface area contributed by atoms with Gasteiger partial charge in [0.05, 0.1) is 10.8 Å². The molecule has 0 saturated heterocycles. The second-order valence-corrected chi connectivity index (χ2v) is 7.17. The zero-order chi connectivity index (χ0) is 12.2. The molecule has 1 aromatic carbocycles. The summed E-state index contributed by atoms with van der Waals surface area (Å²) < 4.78 is 12.9. The minimum atomic E-state index is -0.910. The summed E-state index contributed by atoms with van der Waals surface area (Å²) in [5, 5.41) is 3.33. The first-order valence-corrected chi connectivity index (χ1v) is 7.39. The van der Waals surface area contributed by atoms with Gasteiger partial charge in [-0.05, 0) is 45.0 Å². The van der Waals surface area contributed by atoms with E-state index in [9.17, 15) is 4.21 Å². The Bertz CT molecular complexity index is 356. The Labute approximate surface area is 108 Å². The third-order valence-electron chi connectivity index (χ3n) is 2.02. The lowest BCUT2D eigenvalue weighted by Crippen LogP contribution is -2.38. The largest absolute Gasteiger partial charge is 0.311 e. The minimum absolute atomic E-state index is 0.0872. The molecule has 1 aromatic rings. The van der Waals surface area contributed by atoms with Crippen LogP contribution in [0.3, 0.4) is 0 Å². The Morgan fingerprint density at radius 2 is 1.81 bits per heavy atom. The van der Waals surface area contributed by atoms with Gasteiger partial charge in [0.15, 0.2) is 0 Å². The molecule has 1 atom stereocenters. The van der Waals surface area contributed by atoms with Gasteiger partial charge in [-0.2, -0.15) is 0 Å². The summed E-state index contributed by atoms with van der Waals surface area (Å²) in [6.07, 6.45) is 0. The molecule has 90 valence electrons. The van der Waals surface area contributed by atoms with E-state index in [1.54, 1.807) is 0 Å². The standard InChI is InChI=1S/C12H18BrNOS/c1-12(2,3)14-8-9-16(15)11-6-4-10(13)5-7-11/h4-7,14H,8-9H2,1-3H3. The van der Waals surface area contributed by atoms with E-state index >= 15 is 0 Å². The predicted octanol–water partition coefficient (Wildman–Crippen LogP) is 2.94. The summed E-state index contributed by atoms with van der Waals surface area (Å²) in [7, 11) is -0.910. The fraction of sp³-hybridized carbons (Fsp3) is 0.500. The van der Waals surface area contributed by atoms with E-state index < -0.39 is 10.8 Å². The SMILES string of the molecule is CC(C)(C)NCCS(=O)c1ccc(Br)cc1. The van der Waals surface area contributed by atoms with Crippen LogP contribution in [0, 0.1) is 0 Å². The van der Waals surface area contributed by atoms with E-state index in [1.165, 1.54) is 0 Å². The van der Waals surface area contributed by atoms with Gasteiger partial charge in [-0.25, -0.2) is 0 Å². The van der Waals surface area contributed by atoms with Crippen molar-refractivity contribution >= 4 is 26.7 Å². The van der Waals surface area contributed by atoms with Crippen molar-refractivity contribution in [1.29, 1.82) is 0 Å². The topological polar surface area (TPSA) is 29.1 Å². The van der Waals surface area contributed by atoms with Gasteiger partial charge in [-0.3, -0.25) is 4.21 Å². The maximum atomic E-state index is 11.9. The molecule has 1 N–H and O–H groups in total. The molecule has 0 aromatic heterocycles. The molecule has 1 rings (SSSR count). The van der Waals surface area contributed by atoms with E-state index in [-0.39, 0.29) is 5.54 Å². The molecule has 0 radical (unpaired) electrons. The molecule has 0 heterocycles. The molecular formula is C12H18BrNOS. The molecule has 0 bridgehead atoms. The predicted molar refractivity (Wildman–Crippen MR) is 73.2 cm³/mol. The van der Waals surface area contributed by atoms with Gasteiger partial charge in [0.1, 0.15) is 0 Å². The lowest BCUT2D eigenvalue weighted by atomic mass is 10.1. The van der Waals surface area contributed by atoms with Crippen LogP contribution in [0.1, 0.15) is 20.8 Å². The Kier molecular flexibility index (Phi) is 5.15. The first kappa shape index (κ1) is 13.9. The molecule has 0 fully saturated rings. The summed E-state index contributed by atoms with van der Waals surface area (Å²) >= 11 is 3.36. The van der Waals surface area contributed by atoms with Crippen LogP contribution in [-0.2, 0) is 10.8 Å².